The maximum Gasteiger partial charge on any atom is 0.326 e. The molecule has 0 unspecified atom stereocenters. The maximum atomic E-state index is 12.3. The van der Waals surface area contributed by atoms with Crippen molar-refractivity contribution in [3.63, 3.8) is 0 Å². The normalized spacial score (nSPS) is 17.3. The minimum absolute atomic E-state index is 0.0120. The fraction of sp³-hybridized carbons (Fsp3) is 0.455. The Labute approximate surface area is 125 Å². The number of nitrogens with one attached hydrogen (secondary N) is 1. The summed E-state index contributed by atoms with van der Waals surface area (Å²) in [4.78, 5) is 0. The van der Waals surface area contributed by atoms with Crippen LogP contribution in [0.25, 0.3) is 0 Å². The number of hydrogen-bond donors (Lipinski definition) is 1. The van der Waals surface area contributed by atoms with Crippen LogP contribution in [0.2, 0.25) is 0 Å². The van der Waals surface area contributed by atoms with E-state index < -0.39 is 20.4 Å². The molecule has 0 aromatic heterocycles. The first-order valence-corrected chi connectivity index (χ1v) is 9.04. The summed E-state index contributed by atoms with van der Waals surface area (Å²) in [7, 11) is -2.94. The number of benzene rings is 1. The Balaban J connectivity index is 2.17. The lowest BCUT2D eigenvalue weighted by molar-refractivity contribution is 0.506. The van der Waals surface area contributed by atoms with E-state index in [4.69, 9.17) is 0 Å². The van der Waals surface area contributed by atoms with E-state index in [1.807, 2.05) is 0 Å². The number of hydrogen-bond acceptors (Lipinski definition) is 4. The van der Waals surface area contributed by atoms with Crippen LogP contribution in [-0.4, -0.2) is 55.4 Å². The average molecular weight is 334 g/mol. The molecule has 1 aliphatic rings. The Bertz CT molecular complexity index is 730. The van der Waals surface area contributed by atoms with E-state index in [0.717, 1.165) is 4.31 Å². The Hall–Kier alpha value is -1.36. The summed E-state index contributed by atoms with van der Waals surface area (Å²) in [5.74, 6) is 0. The van der Waals surface area contributed by atoms with Gasteiger partial charge in [-0.1, -0.05) is 12.1 Å². The Morgan fingerprint density at radius 2 is 1.76 bits per heavy atom. The van der Waals surface area contributed by atoms with Gasteiger partial charge in [0.05, 0.1) is 11.4 Å². The molecule has 1 aromatic carbocycles. The first kappa shape index (κ1) is 16.0. The molecule has 1 N–H and O–H groups in total. The van der Waals surface area contributed by atoms with Crippen LogP contribution < -0.4 is 13.3 Å². The number of rotatable bonds is 5. The molecule has 118 valence electrons. The Kier molecular flexibility index (Phi) is 4.15. The van der Waals surface area contributed by atoms with Crippen molar-refractivity contribution >= 4 is 31.8 Å². The van der Waals surface area contributed by atoms with Gasteiger partial charge in [-0.05, 0) is 12.1 Å². The van der Waals surface area contributed by atoms with Crippen molar-refractivity contribution in [1.29, 1.82) is 0 Å². The highest BCUT2D eigenvalue weighted by Crippen LogP contribution is 2.38. The predicted octanol–water partition coefficient (Wildman–Crippen LogP) is -0.416. The number of para-hydroxylation sites is 2. The van der Waals surface area contributed by atoms with Crippen LogP contribution in [0.3, 0.4) is 0 Å². The van der Waals surface area contributed by atoms with Crippen LogP contribution in [0, 0.1) is 0 Å². The molecule has 0 saturated carbocycles. The van der Waals surface area contributed by atoms with Gasteiger partial charge in [-0.2, -0.15) is 21.1 Å². The van der Waals surface area contributed by atoms with Gasteiger partial charge in [-0.25, -0.2) is 9.03 Å². The largest absolute Gasteiger partial charge is 0.326 e. The summed E-state index contributed by atoms with van der Waals surface area (Å²) >= 11 is 0. The Morgan fingerprint density at radius 1 is 1.19 bits per heavy atom. The zero-order valence-electron chi connectivity index (χ0n) is 12.0. The molecule has 1 heterocycles. The van der Waals surface area contributed by atoms with Crippen molar-refractivity contribution in [1.82, 2.24) is 9.03 Å². The van der Waals surface area contributed by atoms with Crippen molar-refractivity contribution in [2.75, 3.05) is 42.8 Å². The molecule has 0 amide bonds. The molecule has 21 heavy (non-hydrogen) atoms. The second-order valence-electron chi connectivity index (χ2n) is 4.72. The van der Waals surface area contributed by atoms with E-state index in [2.05, 4.69) is 4.72 Å². The Morgan fingerprint density at radius 3 is 2.33 bits per heavy atom. The first-order valence-electron chi connectivity index (χ1n) is 6.20. The highest BCUT2D eigenvalue weighted by molar-refractivity contribution is 7.94. The molecular formula is C11H18N4O4S2. The van der Waals surface area contributed by atoms with E-state index in [-0.39, 0.29) is 13.1 Å². The molecule has 0 fully saturated rings. The SMILES string of the molecule is CN(C)S(=O)(=O)NCCN1c2ccccc2N(C)S1(=O)=O. The van der Waals surface area contributed by atoms with Gasteiger partial charge in [0.25, 0.3) is 10.2 Å². The van der Waals surface area contributed by atoms with Gasteiger partial charge in [0.1, 0.15) is 0 Å². The van der Waals surface area contributed by atoms with Crippen LogP contribution in [0.4, 0.5) is 11.4 Å². The van der Waals surface area contributed by atoms with Gasteiger partial charge in [0, 0.05) is 34.2 Å². The molecule has 1 aliphatic heterocycles. The van der Waals surface area contributed by atoms with Gasteiger partial charge in [-0.3, -0.25) is 4.31 Å². The van der Waals surface area contributed by atoms with E-state index in [1.165, 1.54) is 29.8 Å². The summed E-state index contributed by atoms with van der Waals surface area (Å²) in [6, 6.07) is 6.89. The minimum Gasteiger partial charge on any atom is -0.254 e. The summed E-state index contributed by atoms with van der Waals surface area (Å²) in [6.07, 6.45) is 0. The molecule has 2 rings (SSSR count). The van der Waals surface area contributed by atoms with Gasteiger partial charge in [0.15, 0.2) is 0 Å². The topological polar surface area (TPSA) is 90.0 Å². The molecule has 0 atom stereocenters. The van der Waals surface area contributed by atoms with Crippen LogP contribution >= 0.6 is 0 Å². The number of fused-ring (bicyclic) bond motifs is 1. The number of nitrogens with zero attached hydrogens (tertiary/aromatic N) is 3. The van der Waals surface area contributed by atoms with Crippen LogP contribution in [-0.2, 0) is 20.4 Å². The maximum absolute atomic E-state index is 12.3. The summed E-state index contributed by atoms with van der Waals surface area (Å²) in [5, 5.41) is 0. The standard InChI is InChI=1S/C11H18N4O4S2/c1-13(2)20(16,17)12-8-9-15-11-7-5-4-6-10(11)14(3)21(15,18)19/h4-7,12H,8-9H2,1-3H3. The van der Waals surface area contributed by atoms with Crippen molar-refractivity contribution in [3.8, 4) is 0 Å². The van der Waals surface area contributed by atoms with E-state index in [0.29, 0.717) is 11.4 Å². The smallest absolute Gasteiger partial charge is 0.254 e. The second-order valence-corrected chi connectivity index (χ2v) is 8.57. The highest BCUT2D eigenvalue weighted by atomic mass is 32.2. The van der Waals surface area contributed by atoms with Crippen molar-refractivity contribution < 1.29 is 16.8 Å². The lowest BCUT2D eigenvalue weighted by Crippen LogP contribution is -2.43. The summed E-state index contributed by atoms with van der Waals surface area (Å²) in [5.41, 5.74) is 1.12. The molecule has 10 heteroatoms. The summed E-state index contributed by atoms with van der Waals surface area (Å²) < 4.78 is 53.6. The van der Waals surface area contributed by atoms with Crippen molar-refractivity contribution in [3.05, 3.63) is 24.3 Å². The van der Waals surface area contributed by atoms with E-state index in [1.54, 1.807) is 24.3 Å². The lowest BCUT2D eigenvalue weighted by atomic mass is 10.2. The third-order valence-electron chi connectivity index (χ3n) is 3.19. The van der Waals surface area contributed by atoms with E-state index >= 15 is 0 Å². The van der Waals surface area contributed by atoms with Crippen molar-refractivity contribution in [2.45, 2.75) is 0 Å². The van der Waals surface area contributed by atoms with E-state index in [9.17, 15) is 16.8 Å². The molecule has 1 aromatic rings. The molecule has 0 spiro atoms. The van der Waals surface area contributed by atoms with Crippen molar-refractivity contribution in [2.24, 2.45) is 0 Å². The molecule has 0 bridgehead atoms. The molecule has 0 radical (unpaired) electrons. The zero-order chi connectivity index (χ0) is 15.8. The number of anilines is 2. The average Bonchev–Trinajstić information content (AvgIpc) is 2.60. The fourth-order valence-corrected chi connectivity index (χ4v) is 4.01. The fourth-order valence-electron chi connectivity index (χ4n) is 1.98. The zero-order valence-corrected chi connectivity index (χ0v) is 13.6. The molecule has 8 nitrogen and oxygen atoms in total. The summed E-state index contributed by atoms with van der Waals surface area (Å²) in [6.45, 7) is 0.0126. The highest BCUT2D eigenvalue weighted by Gasteiger charge is 2.37. The van der Waals surface area contributed by atoms with Gasteiger partial charge >= 0.3 is 10.2 Å². The van der Waals surface area contributed by atoms with Gasteiger partial charge in [0.2, 0.25) is 0 Å². The lowest BCUT2D eigenvalue weighted by Gasteiger charge is -2.20. The minimum atomic E-state index is -3.64. The third kappa shape index (κ3) is 2.84. The second kappa shape index (κ2) is 5.44. The van der Waals surface area contributed by atoms with Crippen LogP contribution in [0.1, 0.15) is 0 Å². The molecule has 0 aliphatic carbocycles. The third-order valence-corrected chi connectivity index (χ3v) is 6.55. The van der Waals surface area contributed by atoms with Gasteiger partial charge in [-0.15, -0.1) is 0 Å². The predicted molar refractivity (Wildman–Crippen MR) is 81.7 cm³/mol. The van der Waals surface area contributed by atoms with Crippen LogP contribution in [0.5, 0.6) is 0 Å². The monoisotopic (exact) mass is 334 g/mol. The van der Waals surface area contributed by atoms with Gasteiger partial charge < -0.3 is 0 Å². The molecular weight excluding hydrogens is 316 g/mol. The molecule has 0 saturated heterocycles. The van der Waals surface area contributed by atoms with Crippen LogP contribution in [0.15, 0.2) is 24.3 Å². The quantitative estimate of drug-likeness (QED) is 0.792. The first-order chi connectivity index (χ1) is 9.68.